The molecule has 0 saturated carbocycles. The summed E-state index contributed by atoms with van der Waals surface area (Å²) >= 11 is 0. The number of carbonyl (C=O) groups is 1. The molecule has 234 valence electrons. The normalized spacial score (nSPS) is 12.3. The maximum atomic E-state index is 13.8. The molecule has 43 heavy (non-hydrogen) atoms. The van der Waals surface area contributed by atoms with Crippen LogP contribution >= 0.6 is 0 Å². The molecule has 0 aliphatic heterocycles. The Bertz CT molecular complexity index is 1590. The van der Waals surface area contributed by atoms with Crippen LogP contribution in [0.4, 0.5) is 36.8 Å². The highest BCUT2D eigenvalue weighted by Crippen LogP contribution is 2.39. The maximum Gasteiger partial charge on any atom is 0.416 e. The van der Waals surface area contributed by atoms with Crippen LogP contribution < -0.4 is 9.46 Å². The Kier molecular flexibility index (Phi) is 9.94. The highest BCUT2D eigenvalue weighted by molar-refractivity contribution is 7.92. The number of anilines is 1. The van der Waals surface area contributed by atoms with Crippen molar-refractivity contribution >= 4 is 21.8 Å². The molecule has 14 heteroatoms. The lowest BCUT2D eigenvalue weighted by Crippen LogP contribution is -2.30. The zero-order valence-corrected chi connectivity index (χ0v) is 24.7. The smallest absolute Gasteiger partial charge is 0.416 e. The van der Waals surface area contributed by atoms with Gasteiger partial charge in [-0.05, 0) is 70.6 Å². The largest absolute Gasteiger partial charge is 0.496 e. The summed E-state index contributed by atoms with van der Waals surface area (Å²) in [5.41, 5.74) is -1.15. The molecule has 0 spiro atoms. The summed E-state index contributed by atoms with van der Waals surface area (Å²) in [7, 11) is -1.56. The van der Waals surface area contributed by atoms with E-state index in [4.69, 9.17) is 9.47 Å². The molecule has 0 aliphatic rings. The van der Waals surface area contributed by atoms with E-state index >= 15 is 0 Å². The maximum absolute atomic E-state index is 13.8. The lowest BCUT2D eigenvalue weighted by molar-refractivity contribution is -0.138. The Labute approximate surface area is 245 Å². The van der Waals surface area contributed by atoms with E-state index in [1.54, 1.807) is 12.1 Å². The molecule has 1 amide bonds. The summed E-state index contributed by atoms with van der Waals surface area (Å²) in [5.74, 6) is 0.411. The molecule has 0 radical (unpaired) electrons. The third-order valence-electron chi connectivity index (χ3n) is 6.40. The number of nitrogens with one attached hydrogen (secondary N) is 1. The quantitative estimate of drug-likeness (QED) is 0.245. The number of halogens is 6. The summed E-state index contributed by atoms with van der Waals surface area (Å²) < 4.78 is 118. The van der Waals surface area contributed by atoms with Crippen LogP contribution in [0.25, 0.3) is 11.1 Å². The van der Waals surface area contributed by atoms with E-state index in [1.165, 1.54) is 13.2 Å². The molecular formula is C29H30F6N2O5S. The average molecular weight is 633 g/mol. The molecule has 0 atom stereocenters. The Morgan fingerprint density at radius 2 is 1.51 bits per heavy atom. The first kappa shape index (κ1) is 33.6. The SMILES string of the molecule is COC(=O)N(Cc1cc(NS(C)(=O)=O)cc(C(F)(F)F)c1)Cc1cc(C(F)(F)F)ccc1-c1cc(C(C)C)ccc1OC. The molecule has 0 aromatic heterocycles. The van der Waals surface area contributed by atoms with Crippen molar-refractivity contribution in [1.82, 2.24) is 4.90 Å². The van der Waals surface area contributed by atoms with Gasteiger partial charge in [0, 0.05) is 24.3 Å². The number of methoxy groups -OCH3 is 2. The Balaban J connectivity index is 2.19. The van der Waals surface area contributed by atoms with Crippen LogP contribution in [0.1, 0.15) is 47.6 Å². The lowest BCUT2D eigenvalue weighted by atomic mass is 9.92. The first-order chi connectivity index (χ1) is 19.8. The molecule has 7 nitrogen and oxygen atoms in total. The van der Waals surface area contributed by atoms with Crippen molar-refractivity contribution < 1.29 is 49.0 Å². The first-order valence-electron chi connectivity index (χ1n) is 12.7. The third-order valence-corrected chi connectivity index (χ3v) is 7.01. The summed E-state index contributed by atoms with van der Waals surface area (Å²) in [6.45, 7) is 2.79. The van der Waals surface area contributed by atoms with E-state index in [9.17, 15) is 39.6 Å². The molecule has 0 unspecified atom stereocenters. The van der Waals surface area contributed by atoms with Crippen molar-refractivity contribution in [3.05, 3.63) is 82.4 Å². The number of carbonyl (C=O) groups excluding carboxylic acids is 1. The van der Waals surface area contributed by atoms with E-state index in [0.29, 0.717) is 29.0 Å². The zero-order valence-electron chi connectivity index (χ0n) is 23.9. The van der Waals surface area contributed by atoms with E-state index < -0.39 is 58.4 Å². The van der Waals surface area contributed by atoms with Gasteiger partial charge in [-0.1, -0.05) is 26.0 Å². The number of sulfonamides is 1. The average Bonchev–Trinajstić information content (AvgIpc) is 2.89. The lowest BCUT2D eigenvalue weighted by Gasteiger charge is -2.25. The van der Waals surface area contributed by atoms with Gasteiger partial charge in [0.05, 0.1) is 31.6 Å². The fraction of sp³-hybridized carbons (Fsp3) is 0.345. The second-order valence-electron chi connectivity index (χ2n) is 10.1. The van der Waals surface area contributed by atoms with Gasteiger partial charge in [-0.15, -0.1) is 0 Å². The van der Waals surface area contributed by atoms with E-state index in [-0.39, 0.29) is 17.0 Å². The van der Waals surface area contributed by atoms with Gasteiger partial charge in [-0.3, -0.25) is 9.62 Å². The number of hydrogen-bond acceptors (Lipinski definition) is 5. The minimum atomic E-state index is -4.87. The van der Waals surface area contributed by atoms with Gasteiger partial charge in [0.15, 0.2) is 0 Å². The van der Waals surface area contributed by atoms with E-state index in [0.717, 1.165) is 42.0 Å². The monoisotopic (exact) mass is 632 g/mol. The van der Waals surface area contributed by atoms with Crippen LogP contribution in [-0.2, 0) is 40.2 Å². The van der Waals surface area contributed by atoms with Gasteiger partial charge in [-0.2, -0.15) is 26.3 Å². The number of alkyl halides is 6. The number of amides is 1. The van der Waals surface area contributed by atoms with Crippen molar-refractivity contribution in [2.75, 3.05) is 25.2 Å². The molecule has 3 aromatic carbocycles. The third kappa shape index (κ3) is 8.78. The van der Waals surface area contributed by atoms with Gasteiger partial charge < -0.3 is 9.47 Å². The fourth-order valence-electron chi connectivity index (χ4n) is 4.42. The molecule has 0 aliphatic carbocycles. The summed E-state index contributed by atoms with van der Waals surface area (Å²) in [5, 5.41) is 0. The first-order valence-corrected chi connectivity index (χ1v) is 14.6. The second-order valence-corrected chi connectivity index (χ2v) is 11.8. The molecule has 0 saturated heterocycles. The predicted molar refractivity (Wildman–Crippen MR) is 149 cm³/mol. The highest BCUT2D eigenvalue weighted by Gasteiger charge is 2.33. The topological polar surface area (TPSA) is 84.9 Å². The summed E-state index contributed by atoms with van der Waals surface area (Å²) in [4.78, 5) is 13.7. The summed E-state index contributed by atoms with van der Waals surface area (Å²) in [6, 6.07) is 10.6. The van der Waals surface area contributed by atoms with Crippen LogP contribution in [0.3, 0.4) is 0 Å². The number of benzene rings is 3. The Hall–Kier alpha value is -3.94. The van der Waals surface area contributed by atoms with Gasteiger partial charge >= 0.3 is 18.4 Å². The second kappa shape index (κ2) is 12.7. The van der Waals surface area contributed by atoms with Crippen LogP contribution in [0.5, 0.6) is 5.75 Å². The summed E-state index contributed by atoms with van der Waals surface area (Å²) in [6.07, 6.45) is -9.89. The molecule has 0 bridgehead atoms. The number of hydrogen-bond donors (Lipinski definition) is 1. The van der Waals surface area contributed by atoms with Gasteiger partial charge in [0.1, 0.15) is 5.75 Å². The van der Waals surface area contributed by atoms with Crippen LogP contribution in [-0.4, -0.2) is 39.9 Å². The fourth-order valence-corrected chi connectivity index (χ4v) is 4.96. The minimum Gasteiger partial charge on any atom is -0.496 e. The van der Waals surface area contributed by atoms with Crippen LogP contribution in [0.2, 0.25) is 0 Å². The number of rotatable bonds is 9. The van der Waals surface area contributed by atoms with Crippen molar-refractivity contribution in [2.24, 2.45) is 0 Å². The van der Waals surface area contributed by atoms with Gasteiger partial charge in [-0.25, -0.2) is 13.2 Å². The van der Waals surface area contributed by atoms with Crippen LogP contribution in [0, 0.1) is 0 Å². The van der Waals surface area contributed by atoms with Crippen LogP contribution in [0.15, 0.2) is 54.6 Å². The predicted octanol–water partition coefficient (Wildman–Crippen LogP) is 7.66. The standard InChI is InChI=1S/C29H30F6N2O5S/c1-17(2)19-6-9-26(41-3)25(13-19)24-8-7-21(28(30,31)32)12-20(24)16-37(27(38)42-4)15-18-10-22(29(33,34)35)14-23(11-18)36-43(5,39)40/h6-14,17,36H,15-16H2,1-5H3. The molecule has 0 fully saturated rings. The van der Waals surface area contributed by atoms with E-state index in [1.807, 2.05) is 24.6 Å². The van der Waals surface area contributed by atoms with Crippen molar-refractivity contribution in [3.63, 3.8) is 0 Å². The van der Waals surface area contributed by atoms with Crippen molar-refractivity contribution in [1.29, 1.82) is 0 Å². The minimum absolute atomic E-state index is 0.0147. The van der Waals surface area contributed by atoms with E-state index in [2.05, 4.69) is 0 Å². The van der Waals surface area contributed by atoms with Gasteiger partial charge in [0.25, 0.3) is 0 Å². The molecule has 3 aromatic rings. The number of nitrogens with zero attached hydrogens (tertiary/aromatic N) is 1. The Morgan fingerprint density at radius 1 is 0.860 bits per heavy atom. The molecular weight excluding hydrogens is 602 g/mol. The van der Waals surface area contributed by atoms with Gasteiger partial charge in [0.2, 0.25) is 10.0 Å². The number of ether oxygens (including phenoxy) is 2. The zero-order chi connectivity index (χ0) is 32.3. The van der Waals surface area contributed by atoms with Crippen molar-refractivity contribution in [2.45, 2.75) is 45.2 Å². The molecule has 1 N–H and O–H groups in total. The molecule has 0 heterocycles. The highest BCUT2D eigenvalue weighted by atomic mass is 32.2. The Morgan fingerprint density at radius 3 is 2.05 bits per heavy atom. The molecule has 3 rings (SSSR count). The van der Waals surface area contributed by atoms with Crippen molar-refractivity contribution in [3.8, 4) is 16.9 Å².